The average Bonchev–Trinajstić information content (AvgIpc) is 3.13. The second kappa shape index (κ2) is 7.04. The molecule has 0 aliphatic carbocycles. The largest absolute Gasteiger partial charge is 0.494 e. The normalized spacial score (nSPS) is 18.5. The molecule has 1 N–H and O–H groups in total. The van der Waals surface area contributed by atoms with E-state index in [1.54, 1.807) is 0 Å². The molecule has 2 heterocycles. The zero-order valence-corrected chi connectivity index (χ0v) is 15.9. The molecular weight excluding hydrogens is 346 g/mol. The Morgan fingerprint density at radius 1 is 0.964 bits per heavy atom. The van der Waals surface area contributed by atoms with Crippen LogP contribution in [0.3, 0.4) is 0 Å². The first kappa shape index (κ1) is 16.9. The van der Waals surface area contributed by atoms with Gasteiger partial charge in [0.25, 0.3) is 0 Å². The number of nitrogens with zero attached hydrogens (tertiary/aromatic N) is 2. The standard InChI is InChI=1S/C24H23N3O/c1-2-28-23-15-9-6-12-18(23)22-16-20(17-10-4-3-5-11-17)26-24-25-19-13-7-8-14-21(19)27(22)24/h3-15,20,22H,2,16H2,1H3,(H,25,26)/t20-,22-/m0/s1. The highest BCUT2D eigenvalue weighted by Crippen LogP contribution is 2.43. The third-order valence-electron chi connectivity index (χ3n) is 5.45. The van der Waals surface area contributed by atoms with E-state index in [1.165, 1.54) is 11.1 Å². The van der Waals surface area contributed by atoms with Gasteiger partial charge in [0, 0.05) is 5.56 Å². The summed E-state index contributed by atoms with van der Waals surface area (Å²) in [4.78, 5) is 4.89. The lowest BCUT2D eigenvalue weighted by molar-refractivity contribution is 0.329. The number of rotatable bonds is 4. The van der Waals surface area contributed by atoms with Crippen molar-refractivity contribution in [3.05, 3.63) is 90.0 Å². The molecule has 1 aromatic heterocycles. The fourth-order valence-corrected chi connectivity index (χ4v) is 4.22. The van der Waals surface area contributed by atoms with Crippen LogP contribution in [0.25, 0.3) is 11.0 Å². The third-order valence-corrected chi connectivity index (χ3v) is 5.45. The van der Waals surface area contributed by atoms with Crippen molar-refractivity contribution in [1.29, 1.82) is 0 Å². The summed E-state index contributed by atoms with van der Waals surface area (Å²) in [7, 11) is 0. The van der Waals surface area contributed by atoms with Gasteiger partial charge >= 0.3 is 0 Å². The Labute approximate surface area is 164 Å². The molecule has 1 aliphatic rings. The van der Waals surface area contributed by atoms with Crippen LogP contribution in [0.1, 0.15) is 36.6 Å². The molecule has 0 radical (unpaired) electrons. The maximum absolute atomic E-state index is 5.98. The highest BCUT2D eigenvalue weighted by Gasteiger charge is 2.32. The average molecular weight is 369 g/mol. The van der Waals surface area contributed by atoms with E-state index < -0.39 is 0 Å². The predicted molar refractivity (Wildman–Crippen MR) is 113 cm³/mol. The van der Waals surface area contributed by atoms with Crippen LogP contribution in [0.4, 0.5) is 5.95 Å². The number of imidazole rings is 1. The fourth-order valence-electron chi connectivity index (χ4n) is 4.22. The molecule has 28 heavy (non-hydrogen) atoms. The van der Waals surface area contributed by atoms with E-state index in [1.807, 2.05) is 19.1 Å². The molecule has 0 fully saturated rings. The quantitative estimate of drug-likeness (QED) is 0.510. The Bertz CT molecular complexity index is 1100. The Kier molecular flexibility index (Phi) is 4.24. The van der Waals surface area contributed by atoms with Gasteiger partial charge in [0.2, 0.25) is 5.95 Å². The molecule has 0 amide bonds. The van der Waals surface area contributed by atoms with E-state index in [0.29, 0.717) is 6.61 Å². The SMILES string of the molecule is CCOc1ccccc1[C@@H]1C[C@@H](c2ccccc2)Nc2nc3ccccc3n21. The number of fused-ring (bicyclic) bond motifs is 3. The van der Waals surface area contributed by atoms with E-state index in [0.717, 1.165) is 29.2 Å². The van der Waals surface area contributed by atoms with Gasteiger partial charge in [0.1, 0.15) is 5.75 Å². The molecule has 0 saturated heterocycles. The lowest BCUT2D eigenvalue weighted by Gasteiger charge is -2.34. The van der Waals surface area contributed by atoms with Crippen LogP contribution in [0.5, 0.6) is 5.75 Å². The van der Waals surface area contributed by atoms with Crippen molar-refractivity contribution in [1.82, 2.24) is 9.55 Å². The molecule has 4 nitrogen and oxygen atoms in total. The molecule has 4 aromatic rings. The summed E-state index contributed by atoms with van der Waals surface area (Å²) < 4.78 is 8.31. The van der Waals surface area contributed by atoms with Gasteiger partial charge < -0.3 is 14.6 Å². The van der Waals surface area contributed by atoms with Crippen LogP contribution in [-0.4, -0.2) is 16.2 Å². The molecule has 0 unspecified atom stereocenters. The Balaban J connectivity index is 1.69. The minimum Gasteiger partial charge on any atom is -0.494 e. The molecule has 140 valence electrons. The van der Waals surface area contributed by atoms with Crippen LogP contribution < -0.4 is 10.1 Å². The van der Waals surface area contributed by atoms with Crippen LogP contribution in [0.2, 0.25) is 0 Å². The molecule has 4 heteroatoms. The van der Waals surface area contributed by atoms with Gasteiger partial charge in [-0.05, 0) is 37.1 Å². The highest BCUT2D eigenvalue weighted by atomic mass is 16.5. The molecule has 0 saturated carbocycles. The lowest BCUT2D eigenvalue weighted by Crippen LogP contribution is -2.27. The number of hydrogen-bond acceptors (Lipinski definition) is 3. The van der Waals surface area contributed by atoms with Gasteiger partial charge in [0.05, 0.1) is 29.7 Å². The predicted octanol–water partition coefficient (Wildman–Crippen LogP) is 5.58. The Morgan fingerprint density at radius 2 is 1.71 bits per heavy atom. The summed E-state index contributed by atoms with van der Waals surface area (Å²) in [6.45, 7) is 2.69. The van der Waals surface area contributed by atoms with Gasteiger partial charge in [-0.2, -0.15) is 0 Å². The van der Waals surface area contributed by atoms with Crippen LogP contribution in [-0.2, 0) is 0 Å². The van der Waals surface area contributed by atoms with E-state index in [2.05, 4.69) is 76.6 Å². The maximum atomic E-state index is 5.98. The summed E-state index contributed by atoms with van der Waals surface area (Å²) in [6.07, 6.45) is 0.932. The number of anilines is 1. The number of hydrogen-bond donors (Lipinski definition) is 1. The molecule has 2 atom stereocenters. The summed E-state index contributed by atoms with van der Waals surface area (Å²) in [6, 6.07) is 27.7. The van der Waals surface area contributed by atoms with Gasteiger partial charge in [0.15, 0.2) is 0 Å². The Morgan fingerprint density at radius 3 is 2.57 bits per heavy atom. The van der Waals surface area contributed by atoms with Crippen LogP contribution in [0.15, 0.2) is 78.9 Å². The van der Waals surface area contributed by atoms with Crippen molar-refractivity contribution < 1.29 is 4.74 Å². The molecule has 5 rings (SSSR count). The second-order valence-corrected chi connectivity index (χ2v) is 7.12. The van der Waals surface area contributed by atoms with Gasteiger partial charge in [-0.25, -0.2) is 4.98 Å². The van der Waals surface area contributed by atoms with Crippen LogP contribution in [0, 0.1) is 0 Å². The smallest absolute Gasteiger partial charge is 0.204 e. The molecule has 0 bridgehead atoms. The van der Waals surface area contributed by atoms with Gasteiger partial charge in [-0.3, -0.25) is 0 Å². The summed E-state index contributed by atoms with van der Waals surface area (Å²) >= 11 is 0. The summed E-state index contributed by atoms with van der Waals surface area (Å²) in [5.41, 5.74) is 4.64. The van der Waals surface area contributed by atoms with E-state index in [9.17, 15) is 0 Å². The fraction of sp³-hybridized carbons (Fsp3) is 0.208. The first-order valence-corrected chi connectivity index (χ1v) is 9.85. The van der Waals surface area contributed by atoms with Crippen molar-refractivity contribution in [3.8, 4) is 5.75 Å². The molecule has 3 aromatic carbocycles. The van der Waals surface area contributed by atoms with Crippen molar-refractivity contribution >= 4 is 17.0 Å². The lowest BCUT2D eigenvalue weighted by atomic mass is 9.92. The van der Waals surface area contributed by atoms with E-state index in [-0.39, 0.29) is 12.1 Å². The monoisotopic (exact) mass is 369 g/mol. The van der Waals surface area contributed by atoms with E-state index in [4.69, 9.17) is 9.72 Å². The summed E-state index contributed by atoms with van der Waals surface area (Å²) in [5, 5.41) is 3.66. The summed E-state index contributed by atoms with van der Waals surface area (Å²) in [5.74, 6) is 1.87. The van der Waals surface area contributed by atoms with Gasteiger partial charge in [-0.1, -0.05) is 60.7 Å². The minimum atomic E-state index is 0.150. The number of nitrogens with one attached hydrogen (secondary N) is 1. The third kappa shape index (κ3) is 2.82. The molecular formula is C24H23N3O. The van der Waals surface area contributed by atoms with Crippen molar-refractivity contribution in [2.45, 2.75) is 25.4 Å². The van der Waals surface area contributed by atoms with Gasteiger partial charge in [-0.15, -0.1) is 0 Å². The first-order valence-electron chi connectivity index (χ1n) is 9.85. The van der Waals surface area contributed by atoms with Crippen LogP contribution >= 0.6 is 0 Å². The molecule has 0 spiro atoms. The first-order chi connectivity index (χ1) is 13.8. The second-order valence-electron chi connectivity index (χ2n) is 7.12. The zero-order valence-electron chi connectivity index (χ0n) is 15.9. The number of benzene rings is 3. The highest BCUT2D eigenvalue weighted by molar-refractivity contribution is 5.79. The minimum absolute atomic E-state index is 0.150. The zero-order chi connectivity index (χ0) is 18.9. The number of para-hydroxylation sites is 3. The number of ether oxygens (including phenoxy) is 1. The van der Waals surface area contributed by atoms with Crippen molar-refractivity contribution in [3.63, 3.8) is 0 Å². The number of aromatic nitrogens is 2. The van der Waals surface area contributed by atoms with E-state index >= 15 is 0 Å². The van der Waals surface area contributed by atoms with Crippen molar-refractivity contribution in [2.24, 2.45) is 0 Å². The topological polar surface area (TPSA) is 39.1 Å². The van der Waals surface area contributed by atoms with Crippen molar-refractivity contribution in [2.75, 3.05) is 11.9 Å². The maximum Gasteiger partial charge on any atom is 0.204 e. The Hall–Kier alpha value is -3.27. The molecule has 1 aliphatic heterocycles.